The molecule has 0 heterocycles. The Morgan fingerprint density at radius 1 is 1.41 bits per heavy atom. The Morgan fingerprint density at radius 3 is 2.47 bits per heavy atom. The third-order valence-corrected chi connectivity index (χ3v) is 3.09. The van der Waals surface area contributed by atoms with Crippen molar-refractivity contribution in [2.45, 2.75) is 18.4 Å². The van der Waals surface area contributed by atoms with Crippen molar-refractivity contribution < 1.29 is 26.7 Å². The summed E-state index contributed by atoms with van der Waals surface area (Å²) in [5.74, 6) is -2.93. The van der Waals surface area contributed by atoms with Gasteiger partial charge < -0.3 is 4.74 Å². The zero-order valence-corrected chi connectivity index (χ0v) is 10.1. The normalized spacial score (nSPS) is 11.3. The monoisotopic (exact) mass is 284 g/mol. The number of esters is 1. The Balaban J connectivity index is 3.24. The van der Waals surface area contributed by atoms with Crippen LogP contribution in [-0.4, -0.2) is 14.4 Å². The fraction of sp³-hybridized carbons (Fsp3) is 0.222. The zero-order chi connectivity index (χ0) is 13.2. The second-order valence-corrected chi connectivity index (χ2v) is 5.63. The quantitative estimate of drug-likeness (QED) is 0.629. The molecule has 0 saturated heterocycles. The summed E-state index contributed by atoms with van der Waals surface area (Å²) in [6.45, 7) is 0.509. The van der Waals surface area contributed by atoms with E-state index in [0.717, 1.165) is 13.0 Å². The molecule has 0 spiro atoms. The fourth-order valence-electron chi connectivity index (χ4n) is 1.08. The van der Waals surface area contributed by atoms with Crippen molar-refractivity contribution in [3.8, 4) is 0 Å². The number of rotatable bonds is 3. The highest BCUT2D eigenvalue weighted by molar-refractivity contribution is 8.13. The molecule has 0 aliphatic rings. The first-order valence-corrected chi connectivity index (χ1v) is 6.58. The topological polar surface area (TPSA) is 60.4 Å². The summed E-state index contributed by atoms with van der Waals surface area (Å²) in [7, 11) is 0.528. The lowest BCUT2D eigenvalue weighted by Gasteiger charge is -2.07. The summed E-state index contributed by atoms with van der Waals surface area (Å²) in [6.07, 6.45) is 0. The van der Waals surface area contributed by atoms with Gasteiger partial charge in [0.2, 0.25) is 0 Å². The van der Waals surface area contributed by atoms with Gasteiger partial charge in [0, 0.05) is 23.2 Å². The summed E-state index contributed by atoms with van der Waals surface area (Å²) >= 11 is 0. The van der Waals surface area contributed by atoms with Gasteiger partial charge in [-0.1, -0.05) is 0 Å². The molecule has 0 unspecified atom stereocenters. The number of ether oxygens (including phenoxy) is 1. The van der Waals surface area contributed by atoms with Gasteiger partial charge in [-0.25, -0.2) is 17.2 Å². The minimum atomic E-state index is -4.40. The Bertz CT molecular complexity index is 556. The van der Waals surface area contributed by atoms with E-state index in [0.29, 0.717) is 6.07 Å². The van der Waals surface area contributed by atoms with Gasteiger partial charge >= 0.3 is 5.97 Å². The van der Waals surface area contributed by atoms with Crippen molar-refractivity contribution in [2.75, 3.05) is 0 Å². The van der Waals surface area contributed by atoms with Crippen molar-refractivity contribution >= 4 is 25.7 Å². The molecule has 0 saturated carbocycles. The van der Waals surface area contributed by atoms with Crippen molar-refractivity contribution in [1.82, 2.24) is 0 Å². The first kappa shape index (κ1) is 13.9. The summed E-state index contributed by atoms with van der Waals surface area (Å²) in [5.41, 5.74) is -0.403. The molecule has 0 aliphatic carbocycles. The maximum absolute atomic E-state index is 13.6. The molecule has 0 N–H and O–H groups in total. The van der Waals surface area contributed by atoms with Gasteiger partial charge in [-0.05, 0) is 12.1 Å². The van der Waals surface area contributed by atoms with Crippen molar-refractivity contribution in [3.63, 3.8) is 0 Å². The van der Waals surface area contributed by atoms with Crippen LogP contribution >= 0.6 is 10.7 Å². The van der Waals surface area contributed by atoms with E-state index >= 15 is 0 Å². The molecule has 17 heavy (non-hydrogen) atoms. The van der Waals surface area contributed by atoms with E-state index in [9.17, 15) is 22.0 Å². The second kappa shape index (κ2) is 4.97. The largest absolute Gasteiger partial charge is 0.461 e. The van der Waals surface area contributed by atoms with Gasteiger partial charge in [-0.2, -0.15) is 0 Å². The number of halogens is 3. The summed E-state index contributed by atoms with van der Waals surface area (Å²) in [6, 6.07) is 1.18. The van der Waals surface area contributed by atoms with Crippen molar-refractivity contribution in [3.05, 3.63) is 29.3 Å². The SMILES string of the molecule is CC(=O)OCc1cc(F)cc(S(=O)(=O)Cl)c1F. The van der Waals surface area contributed by atoms with Crippen LogP contribution in [0.1, 0.15) is 12.5 Å². The molecule has 1 aromatic carbocycles. The fourth-order valence-corrected chi connectivity index (χ4v) is 2.02. The predicted octanol–water partition coefficient (Wildman–Crippen LogP) is 1.96. The van der Waals surface area contributed by atoms with E-state index in [4.69, 9.17) is 10.7 Å². The third-order valence-electron chi connectivity index (χ3n) is 1.77. The van der Waals surface area contributed by atoms with Gasteiger partial charge in [-0.3, -0.25) is 4.79 Å². The van der Waals surface area contributed by atoms with E-state index in [1.165, 1.54) is 0 Å². The molecule has 0 radical (unpaired) electrons. The molecule has 8 heteroatoms. The Morgan fingerprint density at radius 2 is 2.00 bits per heavy atom. The standard InChI is InChI=1S/C9H7ClF2O4S/c1-5(13)16-4-6-2-7(11)3-8(9(6)12)17(10,14)15/h2-3H,4H2,1H3. The molecule has 0 amide bonds. The zero-order valence-electron chi connectivity index (χ0n) is 8.54. The number of benzene rings is 1. The highest BCUT2D eigenvalue weighted by atomic mass is 35.7. The van der Waals surface area contributed by atoms with Gasteiger partial charge in [-0.15, -0.1) is 0 Å². The number of hydrogen-bond donors (Lipinski definition) is 0. The van der Waals surface area contributed by atoms with E-state index in [1.54, 1.807) is 0 Å². The molecular weight excluding hydrogens is 278 g/mol. The summed E-state index contributed by atoms with van der Waals surface area (Å²) < 4.78 is 53.0. The van der Waals surface area contributed by atoms with Gasteiger partial charge in [0.1, 0.15) is 23.1 Å². The molecule has 1 aromatic rings. The van der Waals surface area contributed by atoms with Crippen LogP contribution in [0.5, 0.6) is 0 Å². The van der Waals surface area contributed by atoms with Crippen LogP contribution in [0, 0.1) is 11.6 Å². The van der Waals surface area contributed by atoms with Gasteiger partial charge in [0.05, 0.1) is 0 Å². The van der Waals surface area contributed by atoms with Crippen LogP contribution in [-0.2, 0) is 25.2 Å². The summed E-state index contributed by atoms with van der Waals surface area (Å²) in [4.78, 5) is 9.53. The van der Waals surface area contributed by atoms with Crippen LogP contribution in [0.15, 0.2) is 17.0 Å². The lowest BCUT2D eigenvalue weighted by Crippen LogP contribution is -2.05. The Hall–Kier alpha value is -1.21. The van der Waals surface area contributed by atoms with Gasteiger partial charge in [0.15, 0.2) is 0 Å². The number of carbonyl (C=O) groups excluding carboxylic acids is 1. The second-order valence-electron chi connectivity index (χ2n) is 3.10. The smallest absolute Gasteiger partial charge is 0.302 e. The Labute approximate surface area is 101 Å². The molecule has 0 aromatic heterocycles. The van der Waals surface area contributed by atoms with Crippen LogP contribution < -0.4 is 0 Å². The maximum atomic E-state index is 13.6. The Kier molecular flexibility index (Phi) is 4.05. The number of carbonyl (C=O) groups is 1. The highest BCUT2D eigenvalue weighted by Crippen LogP contribution is 2.23. The highest BCUT2D eigenvalue weighted by Gasteiger charge is 2.21. The molecular formula is C9H7ClF2O4S. The van der Waals surface area contributed by atoms with Crippen molar-refractivity contribution in [1.29, 1.82) is 0 Å². The molecule has 0 bridgehead atoms. The first-order valence-electron chi connectivity index (χ1n) is 4.27. The van der Waals surface area contributed by atoms with Crippen LogP contribution in [0.25, 0.3) is 0 Å². The molecule has 94 valence electrons. The average Bonchev–Trinajstić information content (AvgIpc) is 2.17. The lowest BCUT2D eigenvalue weighted by molar-refractivity contribution is -0.142. The molecule has 1 rings (SSSR count). The molecule has 0 fully saturated rings. The predicted molar refractivity (Wildman–Crippen MR) is 54.9 cm³/mol. The molecule has 4 nitrogen and oxygen atoms in total. The lowest BCUT2D eigenvalue weighted by atomic mass is 10.2. The van der Waals surface area contributed by atoms with E-state index < -0.39 is 43.7 Å². The molecule has 0 aliphatic heterocycles. The van der Waals surface area contributed by atoms with Crippen LogP contribution in [0.2, 0.25) is 0 Å². The minimum Gasteiger partial charge on any atom is -0.461 e. The van der Waals surface area contributed by atoms with E-state index in [1.807, 2.05) is 0 Å². The minimum absolute atomic E-state index is 0.403. The summed E-state index contributed by atoms with van der Waals surface area (Å²) in [5, 5.41) is 0. The van der Waals surface area contributed by atoms with Crippen molar-refractivity contribution in [2.24, 2.45) is 0 Å². The van der Waals surface area contributed by atoms with Gasteiger partial charge in [0.25, 0.3) is 9.05 Å². The third kappa shape index (κ3) is 3.64. The average molecular weight is 285 g/mol. The van der Waals surface area contributed by atoms with Crippen LogP contribution in [0.4, 0.5) is 8.78 Å². The number of hydrogen-bond acceptors (Lipinski definition) is 4. The maximum Gasteiger partial charge on any atom is 0.302 e. The van der Waals surface area contributed by atoms with Crippen LogP contribution in [0.3, 0.4) is 0 Å². The van der Waals surface area contributed by atoms with E-state index in [-0.39, 0.29) is 0 Å². The molecule has 0 atom stereocenters. The van der Waals surface area contributed by atoms with E-state index in [2.05, 4.69) is 4.74 Å². The first-order chi connectivity index (χ1) is 7.71.